The van der Waals surface area contributed by atoms with E-state index in [-0.39, 0.29) is 28.4 Å². The quantitative estimate of drug-likeness (QED) is 0.124. The Hall–Kier alpha value is -3.78. The van der Waals surface area contributed by atoms with Crippen LogP contribution < -0.4 is 8.92 Å². The predicted octanol–water partition coefficient (Wildman–Crippen LogP) is 8.10. The normalized spacial score (nSPS) is 12.5. The summed E-state index contributed by atoms with van der Waals surface area (Å²) in [4.78, 5) is 11.3. The number of rotatable bonds is 8. The fraction of sp³-hybridized carbons (Fsp3) is 0.192. The molecule has 14 heteroatoms. The molecule has 0 aliphatic heterocycles. The van der Waals surface area contributed by atoms with Gasteiger partial charge >= 0.3 is 21.6 Å². The van der Waals surface area contributed by atoms with Gasteiger partial charge in [-0.05, 0) is 53.3 Å². The zero-order valence-corrected chi connectivity index (χ0v) is 22.1. The van der Waals surface area contributed by atoms with Gasteiger partial charge in [-0.1, -0.05) is 36.5 Å². The van der Waals surface area contributed by atoms with E-state index in [1.807, 2.05) is 0 Å². The summed E-state index contributed by atoms with van der Waals surface area (Å²) in [6.07, 6.45) is -0.0735. The molecule has 0 aliphatic carbocycles. The monoisotopic (exact) mass is 604 g/mol. The number of halogens is 6. The maximum absolute atomic E-state index is 14.6. The van der Waals surface area contributed by atoms with E-state index in [1.165, 1.54) is 43.3 Å². The van der Waals surface area contributed by atoms with Crippen molar-refractivity contribution in [2.24, 2.45) is 0 Å². The second-order valence-corrected chi connectivity index (χ2v) is 11.2. The molecule has 0 saturated carbocycles. The zero-order valence-electron chi connectivity index (χ0n) is 20.5. The first-order valence-electron chi connectivity index (χ1n) is 11.3. The first-order valence-corrected chi connectivity index (χ1v) is 13.5. The Bertz CT molecular complexity index is 1720. The van der Waals surface area contributed by atoms with Gasteiger partial charge in [-0.15, -0.1) is 0 Å². The predicted molar refractivity (Wildman–Crippen MR) is 135 cm³/mol. The smallest absolute Gasteiger partial charge is 0.478 e. The van der Waals surface area contributed by atoms with E-state index < -0.39 is 55.8 Å². The third-order valence-corrected chi connectivity index (χ3v) is 7.67. The van der Waals surface area contributed by atoms with E-state index in [0.29, 0.717) is 23.1 Å². The molecule has 0 amide bonds. The van der Waals surface area contributed by atoms with Crippen LogP contribution >= 0.6 is 11.3 Å². The van der Waals surface area contributed by atoms with Crippen molar-refractivity contribution >= 4 is 37.5 Å². The standard InChI is InChI=1S/C26H18F6O6S2/c1-3-13-6-9-19(37-21-11-14-4-5-15(24(33)34)10-20(14)39-21)22(23(13)38-40(35,36)26(30,31)32)17-8-7-16(27)12-18(17)25(2,28)29/h4-12H,3H2,1-2H3,(H,33,34). The molecule has 3 aromatic carbocycles. The SMILES string of the molecule is CCc1ccc(Oc2cc3ccc(C(=O)O)cc3s2)c(-c2ccc(F)cc2C(C)(F)F)c1OS(=O)(=O)C(F)(F)F. The summed E-state index contributed by atoms with van der Waals surface area (Å²) in [6.45, 7) is 1.91. The Balaban J connectivity index is 2.00. The van der Waals surface area contributed by atoms with Gasteiger partial charge in [-0.3, -0.25) is 0 Å². The lowest BCUT2D eigenvalue weighted by atomic mass is 9.92. The fourth-order valence-electron chi connectivity index (χ4n) is 3.87. The van der Waals surface area contributed by atoms with Crippen LogP contribution in [0.5, 0.6) is 16.6 Å². The van der Waals surface area contributed by atoms with Crippen LogP contribution in [0.15, 0.2) is 54.6 Å². The largest absolute Gasteiger partial charge is 0.534 e. The molecule has 0 bridgehead atoms. The summed E-state index contributed by atoms with van der Waals surface area (Å²) < 4.78 is 118. The van der Waals surface area contributed by atoms with Gasteiger partial charge in [0.1, 0.15) is 11.6 Å². The van der Waals surface area contributed by atoms with Crippen LogP contribution in [-0.4, -0.2) is 25.0 Å². The van der Waals surface area contributed by atoms with Crippen molar-refractivity contribution in [3.05, 3.63) is 77.1 Å². The number of hydrogen-bond acceptors (Lipinski definition) is 6. The van der Waals surface area contributed by atoms with Gasteiger partial charge in [-0.2, -0.15) is 21.6 Å². The number of carboxylic acids is 1. The minimum Gasteiger partial charge on any atom is -0.478 e. The molecule has 4 aromatic rings. The van der Waals surface area contributed by atoms with Crippen molar-refractivity contribution in [3.63, 3.8) is 0 Å². The van der Waals surface area contributed by atoms with Crippen molar-refractivity contribution in [3.8, 4) is 27.7 Å². The number of carbonyl (C=O) groups is 1. The summed E-state index contributed by atoms with van der Waals surface area (Å²) in [5, 5.41) is 9.84. The van der Waals surface area contributed by atoms with E-state index in [2.05, 4.69) is 4.18 Å². The number of fused-ring (bicyclic) bond motifs is 1. The molecule has 0 radical (unpaired) electrons. The highest BCUT2D eigenvalue weighted by Crippen LogP contribution is 2.49. The maximum Gasteiger partial charge on any atom is 0.534 e. The second kappa shape index (κ2) is 10.3. The molecule has 0 atom stereocenters. The molecular weight excluding hydrogens is 586 g/mol. The van der Waals surface area contributed by atoms with Crippen molar-refractivity contribution in [1.29, 1.82) is 0 Å². The van der Waals surface area contributed by atoms with Crippen LogP contribution in [0.2, 0.25) is 0 Å². The molecule has 0 spiro atoms. The molecule has 1 heterocycles. The van der Waals surface area contributed by atoms with Gasteiger partial charge in [0, 0.05) is 23.3 Å². The van der Waals surface area contributed by atoms with Crippen LogP contribution in [-0.2, 0) is 22.5 Å². The second-order valence-electron chi connectivity index (χ2n) is 8.57. The van der Waals surface area contributed by atoms with Crippen molar-refractivity contribution in [2.75, 3.05) is 0 Å². The average molecular weight is 605 g/mol. The summed E-state index contributed by atoms with van der Waals surface area (Å²) in [7, 11) is -6.26. The average Bonchev–Trinajstić information content (AvgIpc) is 3.24. The van der Waals surface area contributed by atoms with E-state index in [9.17, 15) is 44.7 Å². The highest BCUT2D eigenvalue weighted by molar-refractivity contribution is 7.88. The van der Waals surface area contributed by atoms with Crippen LogP contribution in [0.1, 0.15) is 35.3 Å². The Morgan fingerprint density at radius 2 is 1.70 bits per heavy atom. The van der Waals surface area contributed by atoms with Crippen LogP contribution in [0.3, 0.4) is 0 Å². The van der Waals surface area contributed by atoms with Crippen molar-refractivity contribution in [2.45, 2.75) is 31.7 Å². The lowest BCUT2D eigenvalue weighted by Gasteiger charge is -2.22. The number of hydrogen-bond donors (Lipinski definition) is 1. The minimum absolute atomic E-state index is 0.0249. The summed E-state index contributed by atoms with van der Waals surface area (Å²) in [5.74, 6) is -7.26. The van der Waals surface area contributed by atoms with Crippen LogP contribution in [0.25, 0.3) is 21.2 Å². The molecular formula is C26H18F6O6S2. The van der Waals surface area contributed by atoms with E-state index >= 15 is 0 Å². The lowest BCUT2D eigenvalue weighted by Crippen LogP contribution is -2.28. The molecule has 212 valence electrons. The Labute approximate surface area is 227 Å². The van der Waals surface area contributed by atoms with Crippen molar-refractivity contribution in [1.82, 2.24) is 0 Å². The minimum atomic E-state index is -6.26. The topological polar surface area (TPSA) is 89.9 Å². The molecule has 1 N–H and O–H groups in total. The van der Waals surface area contributed by atoms with E-state index in [1.54, 1.807) is 0 Å². The van der Waals surface area contributed by atoms with Gasteiger partial charge in [0.15, 0.2) is 10.8 Å². The first kappa shape index (κ1) is 29.2. The number of benzene rings is 3. The first-order chi connectivity index (χ1) is 18.5. The molecule has 0 saturated heterocycles. The maximum atomic E-state index is 14.6. The number of ether oxygens (including phenoxy) is 1. The number of carboxylic acid groups (broad SMARTS) is 1. The fourth-order valence-corrected chi connectivity index (χ4v) is 5.34. The Kier molecular flexibility index (Phi) is 7.54. The number of alkyl halides is 5. The van der Waals surface area contributed by atoms with Crippen LogP contribution in [0.4, 0.5) is 26.3 Å². The van der Waals surface area contributed by atoms with Gasteiger partial charge in [0.2, 0.25) is 0 Å². The molecule has 0 fully saturated rings. The lowest BCUT2D eigenvalue weighted by molar-refractivity contribution is -0.0500. The Morgan fingerprint density at radius 3 is 2.30 bits per heavy atom. The highest BCUT2D eigenvalue weighted by Gasteiger charge is 2.49. The Morgan fingerprint density at radius 1 is 1.00 bits per heavy atom. The zero-order chi connectivity index (χ0) is 29.6. The molecule has 0 unspecified atom stereocenters. The van der Waals surface area contributed by atoms with Gasteiger partial charge in [0.05, 0.1) is 11.1 Å². The van der Waals surface area contributed by atoms with Gasteiger partial charge in [0.25, 0.3) is 5.92 Å². The molecule has 0 aliphatic rings. The molecule has 40 heavy (non-hydrogen) atoms. The summed E-state index contributed by atoms with van der Waals surface area (Å²) >= 11 is 0.940. The third-order valence-electron chi connectivity index (χ3n) is 5.74. The van der Waals surface area contributed by atoms with E-state index in [0.717, 1.165) is 23.5 Å². The number of aryl methyl sites for hydroxylation is 1. The molecule has 6 nitrogen and oxygen atoms in total. The van der Waals surface area contributed by atoms with Gasteiger partial charge < -0.3 is 14.0 Å². The molecule has 1 aromatic heterocycles. The number of thiophene rings is 1. The molecule has 4 rings (SSSR count). The number of aromatic carboxylic acids is 1. The summed E-state index contributed by atoms with van der Waals surface area (Å²) in [5.41, 5.74) is -8.02. The van der Waals surface area contributed by atoms with Crippen LogP contribution in [0, 0.1) is 5.82 Å². The summed E-state index contributed by atoms with van der Waals surface area (Å²) in [6, 6.07) is 10.2. The van der Waals surface area contributed by atoms with E-state index in [4.69, 9.17) is 4.74 Å². The third kappa shape index (κ3) is 5.72. The van der Waals surface area contributed by atoms with Crippen molar-refractivity contribution < 1.29 is 53.6 Å². The highest BCUT2D eigenvalue weighted by atomic mass is 32.2. The van der Waals surface area contributed by atoms with Gasteiger partial charge in [-0.25, -0.2) is 18.0 Å².